The molecule has 5 nitrogen and oxygen atoms in total. The van der Waals surface area contributed by atoms with Crippen LogP contribution in [-0.2, 0) is 18.8 Å². The van der Waals surface area contributed by atoms with Crippen LogP contribution < -0.4 is 5.09 Å². The fourth-order valence-corrected chi connectivity index (χ4v) is 1.64. The number of rotatable bonds is 7. The van der Waals surface area contributed by atoms with E-state index in [4.69, 9.17) is 4.74 Å². The molecule has 0 aromatic carbocycles. The topological polar surface area (TPSA) is 64.6 Å². The predicted octanol–water partition coefficient (Wildman–Crippen LogP) is 1.51. The molecule has 0 radical (unpaired) electrons. The average Bonchev–Trinajstić information content (AvgIpc) is 2.14. The number of esters is 1. The normalized spacial score (nSPS) is 13.8. The predicted molar refractivity (Wildman–Crippen MR) is 57.9 cm³/mol. The van der Waals surface area contributed by atoms with Gasteiger partial charge in [0.05, 0.1) is 6.61 Å². The van der Waals surface area contributed by atoms with Gasteiger partial charge in [-0.05, 0) is 17.4 Å². The molecule has 0 spiro atoms. The second-order valence-corrected chi connectivity index (χ2v) is 4.94. The van der Waals surface area contributed by atoms with Gasteiger partial charge in [0, 0.05) is 7.11 Å². The lowest BCUT2D eigenvalue weighted by atomic mass is 10.2. The number of carbonyl (C=O) groups is 1. The van der Waals surface area contributed by atoms with Crippen molar-refractivity contribution in [3.05, 3.63) is 0 Å². The Morgan fingerprint density at radius 1 is 1.40 bits per heavy atom. The summed E-state index contributed by atoms with van der Waals surface area (Å²) >= 11 is 0. The molecule has 0 aromatic rings. The summed E-state index contributed by atoms with van der Waals surface area (Å²) in [6, 6.07) is -0.567. The van der Waals surface area contributed by atoms with E-state index in [0.717, 1.165) is 0 Å². The van der Waals surface area contributed by atoms with Crippen LogP contribution >= 0.6 is 7.95 Å². The average molecular weight is 236 g/mol. The van der Waals surface area contributed by atoms with Crippen LogP contribution in [0.3, 0.4) is 0 Å². The third-order valence-electron chi connectivity index (χ3n) is 1.50. The molecular formula is C9H19NO4P+. The maximum Gasteiger partial charge on any atom is 0.461 e. The third-order valence-corrected chi connectivity index (χ3v) is 2.66. The zero-order valence-corrected chi connectivity index (χ0v) is 10.5. The molecule has 0 aliphatic rings. The Morgan fingerprint density at radius 3 is 2.47 bits per heavy atom. The second kappa shape index (κ2) is 7.74. The van der Waals surface area contributed by atoms with E-state index in [9.17, 15) is 9.36 Å². The number of hydrogen-bond donors (Lipinski definition) is 1. The van der Waals surface area contributed by atoms with Crippen molar-refractivity contribution in [3.8, 4) is 0 Å². The number of methoxy groups -OCH3 is 1. The van der Waals surface area contributed by atoms with Crippen molar-refractivity contribution in [2.75, 3.05) is 20.1 Å². The summed E-state index contributed by atoms with van der Waals surface area (Å²) in [5.41, 5.74) is 0. The highest BCUT2D eigenvalue weighted by Crippen LogP contribution is 2.15. The molecule has 15 heavy (non-hydrogen) atoms. The molecule has 0 heterocycles. The van der Waals surface area contributed by atoms with Crippen LogP contribution in [0, 0.1) is 5.92 Å². The molecule has 0 saturated carbocycles. The minimum absolute atomic E-state index is 0.0944. The Bertz CT molecular complexity index is 220. The Hall–Kier alpha value is -0.510. The third kappa shape index (κ3) is 7.42. The zero-order valence-electron chi connectivity index (χ0n) is 9.65. The standard InChI is InChI=1S/C9H19NO4P/c1-7(2)5-14-9(11)8(3)10-15(12)6-13-4/h7-8H,5-6H2,1-4H3,(H,10,12)/q+1. The molecule has 0 saturated heterocycles. The van der Waals surface area contributed by atoms with E-state index >= 15 is 0 Å². The maximum atomic E-state index is 11.3. The highest BCUT2D eigenvalue weighted by atomic mass is 31.1. The van der Waals surface area contributed by atoms with Gasteiger partial charge in [0.1, 0.15) is 6.04 Å². The minimum atomic E-state index is -1.70. The summed E-state index contributed by atoms with van der Waals surface area (Å²) < 4.78 is 20.9. The molecule has 0 aromatic heterocycles. The van der Waals surface area contributed by atoms with Gasteiger partial charge in [0.15, 0.2) is 0 Å². The lowest BCUT2D eigenvalue weighted by Gasteiger charge is -2.09. The van der Waals surface area contributed by atoms with E-state index in [2.05, 4.69) is 9.82 Å². The quantitative estimate of drug-likeness (QED) is 0.536. The smallest absolute Gasteiger partial charge is 0.461 e. The molecule has 0 amide bonds. The molecule has 0 fully saturated rings. The Kier molecular flexibility index (Phi) is 7.48. The van der Waals surface area contributed by atoms with Crippen molar-refractivity contribution in [2.45, 2.75) is 26.8 Å². The molecular weight excluding hydrogens is 217 g/mol. The zero-order chi connectivity index (χ0) is 11.8. The van der Waals surface area contributed by atoms with E-state index in [0.29, 0.717) is 12.5 Å². The lowest BCUT2D eigenvalue weighted by molar-refractivity contribution is -0.146. The monoisotopic (exact) mass is 236 g/mol. The SMILES string of the molecule is COC[P+](=O)NC(C)C(=O)OCC(C)C. The van der Waals surface area contributed by atoms with E-state index in [-0.39, 0.29) is 12.3 Å². The van der Waals surface area contributed by atoms with Crippen molar-refractivity contribution in [1.29, 1.82) is 0 Å². The first-order valence-electron chi connectivity index (χ1n) is 4.83. The van der Waals surface area contributed by atoms with Gasteiger partial charge >= 0.3 is 13.9 Å². The van der Waals surface area contributed by atoms with Crippen molar-refractivity contribution < 1.29 is 18.8 Å². The van der Waals surface area contributed by atoms with E-state index in [1.807, 2.05) is 13.8 Å². The summed E-state index contributed by atoms with van der Waals surface area (Å²) in [6.45, 7) is 5.91. The van der Waals surface area contributed by atoms with Gasteiger partial charge in [-0.1, -0.05) is 18.9 Å². The summed E-state index contributed by atoms with van der Waals surface area (Å²) in [6.07, 6.45) is 0.0944. The van der Waals surface area contributed by atoms with E-state index in [1.54, 1.807) is 6.92 Å². The Morgan fingerprint density at radius 2 is 2.00 bits per heavy atom. The number of nitrogens with one attached hydrogen (secondary N) is 1. The first-order valence-corrected chi connectivity index (χ1v) is 6.28. The van der Waals surface area contributed by atoms with Gasteiger partial charge in [0.2, 0.25) is 0 Å². The number of hydrogen-bond acceptors (Lipinski definition) is 4. The largest absolute Gasteiger partial charge is 0.464 e. The molecule has 2 atom stereocenters. The van der Waals surface area contributed by atoms with Gasteiger partial charge in [-0.25, -0.2) is 0 Å². The van der Waals surface area contributed by atoms with Gasteiger partial charge < -0.3 is 9.47 Å². The summed E-state index contributed by atoms with van der Waals surface area (Å²) in [5.74, 6) is -0.0861. The van der Waals surface area contributed by atoms with Gasteiger partial charge in [-0.2, -0.15) is 0 Å². The van der Waals surface area contributed by atoms with Crippen molar-refractivity contribution in [3.63, 3.8) is 0 Å². The fourth-order valence-electron chi connectivity index (χ4n) is 0.797. The molecule has 1 N–H and O–H groups in total. The summed E-state index contributed by atoms with van der Waals surface area (Å²) in [4.78, 5) is 11.3. The van der Waals surface area contributed by atoms with Crippen LogP contribution in [0.5, 0.6) is 0 Å². The molecule has 0 bridgehead atoms. The fraction of sp³-hybridized carbons (Fsp3) is 0.889. The van der Waals surface area contributed by atoms with Gasteiger partial charge in [0.25, 0.3) is 6.35 Å². The van der Waals surface area contributed by atoms with Crippen LogP contribution in [0.4, 0.5) is 0 Å². The first kappa shape index (κ1) is 14.5. The highest BCUT2D eigenvalue weighted by Gasteiger charge is 2.25. The minimum Gasteiger partial charge on any atom is -0.464 e. The highest BCUT2D eigenvalue weighted by molar-refractivity contribution is 7.42. The van der Waals surface area contributed by atoms with Crippen LogP contribution in [0.1, 0.15) is 20.8 Å². The van der Waals surface area contributed by atoms with Crippen LogP contribution in [0.15, 0.2) is 0 Å². The second-order valence-electron chi connectivity index (χ2n) is 3.67. The molecule has 0 aliphatic heterocycles. The molecule has 0 aliphatic carbocycles. The molecule has 6 heteroatoms. The summed E-state index contributed by atoms with van der Waals surface area (Å²) in [7, 11) is -0.247. The van der Waals surface area contributed by atoms with Crippen molar-refractivity contribution in [1.82, 2.24) is 5.09 Å². The maximum absolute atomic E-state index is 11.3. The Balaban J connectivity index is 3.83. The lowest BCUT2D eigenvalue weighted by Crippen LogP contribution is -2.32. The van der Waals surface area contributed by atoms with Gasteiger partial charge in [-0.15, -0.1) is 0 Å². The summed E-state index contributed by atoms with van der Waals surface area (Å²) in [5, 5.41) is 2.61. The van der Waals surface area contributed by atoms with Gasteiger partial charge in [-0.3, -0.25) is 4.79 Å². The van der Waals surface area contributed by atoms with Crippen molar-refractivity contribution >= 4 is 13.9 Å². The van der Waals surface area contributed by atoms with Crippen LogP contribution in [-0.4, -0.2) is 32.1 Å². The number of ether oxygens (including phenoxy) is 2. The Labute approximate surface area is 91.4 Å². The first-order chi connectivity index (χ1) is 6.97. The molecule has 0 rings (SSSR count). The number of carbonyl (C=O) groups excluding carboxylic acids is 1. The van der Waals surface area contributed by atoms with E-state index in [1.165, 1.54) is 7.11 Å². The van der Waals surface area contributed by atoms with E-state index < -0.39 is 14.0 Å². The molecule has 2 unspecified atom stereocenters. The van der Waals surface area contributed by atoms with Crippen LogP contribution in [0.25, 0.3) is 0 Å². The van der Waals surface area contributed by atoms with Crippen LogP contribution in [0.2, 0.25) is 0 Å². The molecule has 88 valence electrons. The van der Waals surface area contributed by atoms with Crippen molar-refractivity contribution in [2.24, 2.45) is 5.92 Å².